The SMILES string of the molecule is O=C(C1=NNCC1c1ccccc1Cl)c1ccccc1. The molecule has 1 heterocycles. The lowest BCUT2D eigenvalue weighted by Gasteiger charge is -2.13. The van der Waals surface area contributed by atoms with Crippen molar-refractivity contribution in [3.8, 4) is 0 Å². The molecule has 1 aliphatic heterocycles. The van der Waals surface area contributed by atoms with Gasteiger partial charge in [0.15, 0.2) is 0 Å². The lowest BCUT2D eigenvalue weighted by Crippen LogP contribution is -2.21. The van der Waals surface area contributed by atoms with Crippen LogP contribution in [0.25, 0.3) is 0 Å². The Morgan fingerprint density at radius 3 is 2.55 bits per heavy atom. The average Bonchev–Trinajstić information content (AvgIpc) is 2.97. The molecule has 0 fully saturated rings. The molecule has 3 rings (SSSR count). The topological polar surface area (TPSA) is 41.5 Å². The molecule has 0 aromatic heterocycles. The van der Waals surface area contributed by atoms with Gasteiger partial charge in [0.05, 0.1) is 5.92 Å². The quantitative estimate of drug-likeness (QED) is 0.879. The molecule has 2 aromatic carbocycles. The first-order valence-electron chi connectivity index (χ1n) is 6.42. The van der Waals surface area contributed by atoms with Gasteiger partial charge in [-0.15, -0.1) is 0 Å². The highest BCUT2D eigenvalue weighted by Gasteiger charge is 2.30. The number of benzene rings is 2. The first-order chi connectivity index (χ1) is 9.77. The molecule has 1 unspecified atom stereocenters. The Hall–Kier alpha value is -2.13. The predicted molar refractivity (Wildman–Crippen MR) is 80.4 cm³/mol. The van der Waals surface area contributed by atoms with Gasteiger partial charge in [-0.05, 0) is 11.6 Å². The monoisotopic (exact) mass is 284 g/mol. The highest BCUT2D eigenvalue weighted by molar-refractivity contribution is 6.48. The largest absolute Gasteiger partial charge is 0.309 e. The van der Waals surface area contributed by atoms with E-state index in [-0.39, 0.29) is 11.7 Å². The van der Waals surface area contributed by atoms with Crippen molar-refractivity contribution < 1.29 is 4.79 Å². The zero-order valence-electron chi connectivity index (χ0n) is 10.7. The first kappa shape index (κ1) is 12.9. The molecule has 100 valence electrons. The summed E-state index contributed by atoms with van der Waals surface area (Å²) >= 11 is 6.23. The summed E-state index contributed by atoms with van der Waals surface area (Å²) in [6.45, 7) is 0.595. The zero-order chi connectivity index (χ0) is 13.9. The van der Waals surface area contributed by atoms with Crippen LogP contribution in [0.3, 0.4) is 0 Å². The standard InChI is InChI=1S/C16H13ClN2O/c17-14-9-5-4-8-12(14)13-10-18-19-15(13)16(20)11-6-2-1-3-7-11/h1-9,13,18H,10H2. The summed E-state index contributed by atoms with van der Waals surface area (Å²) in [7, 11) is 0. The van der Waals surface area contributed by atoms with Gasteiger partial charge >= 0.3 is 0 Å². The maximum absolute atomic E-state index is 12.5. The van der Waals surface area contributed by atoms with E-state index in [9.17, 15) is 4.79 Å². The van der Waals surface area contributed by atoms with Crippen molar-refractivity contribution in [3.63, 3.8) is 0 Å². The number of carbonyl (C=O) groups is 1. The number of hydrogen-bond donors (Lipinski definition) is 1. The minimum atomic E-state index is -0.101. The third-order valence-electron chi connectivity index (χ3n) is 3.37. The minimum absolute atomic E-state index is 0.0551. The Bertz CT molecular complexity index is 667. The van der Waals surface area contributed by atoms with Gasteiger partial charge < -0.3 is 5.43 Å². The van der Waals surface area contributed by atoms with E-state index in [1.165, 1.54) is 0 Å². The molecule has 0 aliphatic carbocycles. The van der Waals surface area contributed by atoms with E-state index in [2.05, 4.69) is 10.5 Å². The van der Waals surface area contributed by atoms with Crippen LogP contribution in [0.15, 0.2) is 59.7 Å². The molecule has 0 saturated carbocycles. The van der Waals surface area contributed by atoms with Crippen molar-refractivity contribution in [2.24, 2.45) is 5.10 Å². The number of hydrogen-bond acceptors (Lipinski definition) is 3. The van der Waals surface area contributed by atoms with E-state index in [1.807, 2.05) is 42.5 Å². The van der Waals surface area contributed by atoms with Crippen molar-refractivity contribution in [2.45, 2.75) is 5.92 Å². The van der Waals surface area contributed by atoms with Crippen molar-refractivity contribution in [3.05, 3.63) is 70.7 Å². The van der Waals surface area contributed by atoms with E-state index in [0.717, 1.165) is 5.56 Å². The van der Waals surface area contributed by atoms with Crippen LogP contribution < -0.4 is 5.43 Å². The fraction of sp³-hybridized carbons (Fsp3) is 0.125. The molecule has 0 radical (unpaired) electrons. The van der Waals surface area contributed by atoms with Gasteiger partial charge in [-0.2, -0.15) is 5.10 Å². The molecule has 1 N–H and O–H groups in total. The van der Waals surface area contributed by atoms with E-state index in [1.54, 1.807) is 12.1 Å². The molecule has 2 aromatic rings. The molecule has 0 amide bonds. The number of hydrazone groups is 1. The van der Waals surface area contributed by atoms with Crippen LogP contribution in [0.1, 0.15) is 21.8 Å². The van der Waals surface area contributed by atoms with Crippen molar-refractivity contribution in [1.29, 1.82) is 0 Å². The predicted octanol–water partition coefficient (Wildman–Crippen LogP) is 3.27. The Labute approximate surface area is 122 Å². The molecular weight excluding hydrogens is 272 g/mol. The normalized spacial score (nSPS) is 17.4. The van der Waals surface area contributed by atoms with E-state index in [0.29, 0.717) is 22.8 Å². The van der Waals surface area contributed by atoms with E-state index >= 15 is 0 Å². The molecule has 0 spiro atoms. The molecule has 20 heavy (non-hydrogen) atoms. The Balaban J connectivity index is 1.94. The first-order valence-corrected chi connectivity index (χ1v) is 6.80. The molecule has 1 aliphatic rings. The van der Waals surface area contributed by atoms with Gasteiger partial charge in [0, 0.05) is 17.1 Å². The van der Waals surface area contributed by atoms with Crippen LogP contribution in [-0.2, 0) is 0 Å². The fourth-order valence-electron chi connectivity index (χ4n) is 2.36. The van der Waals surface area contributed by atoms with Crippen molar-refractivity contribution >= 4 is 23.1 Å². The maximum atomic E-state index is 12.5. The van der Waals surface area contributed by atoms with Gasteiger partial charge in [0.1, 0.15) is 5.71 Å². The van der Waals surface area contributed by atoms with Crippen LogP contribution in [0.5, 0.6) is 0 Å². The highest BCUT2D eigenvalue weighted by Crippen LogP contribution is 2.28. The summed E-state index contributed by atoms with van der Waals surface area (Å²) in [5.41, 5.74) is 5.00. The molecule has 4 heteroatoms. The number of Topliss-reactive ketones (excluding diaryl/α,β-unsaturated/α-hetero) is 1. The average molecular weight is 285 g/mol. The lowest BCUT2D eigenvalue weighted by molar-refractivity contribution is 0.106. The molecule has 3 nitrogen and oxygen atoms in total. The summed E-state index contributed by atoms with van der Waals surface area (Å²) < 4.78 is 0. The number of rotatable bonds is 3. The number of nitrogens with one attached hydrogen (secondary N) is 1. The van der Waals surface area contributed by atoms with Crippen molar-refractivity contribution in [1.82, 2.24) is 5.43 Å². The van der Waals surface area contributed by atoms with Crippen LogP contribution >= 0.6 is 11.6 Å². The molecule has 0 bridgehead atoms. The number of ketones is 1. The summed E-state index contributed by atoms with van der Waals surface area (Å²) in [6, 6.07) is 16.7. The third-order valence-corrected chi connectivity index (χ3v) is 3.72. The van der Waals surface area contributed by atoms with Gasteiger partial charge in [-0.3, -0.25) is 4.79 Å². The summed E-state index contributed by atoms with van der Waals surface area (Å²) in [5, 5.41) is 4.83. The highest BCUT2D eigenvalue weighted by atomic mass is 35.5. The molecule has 0 saturated heterocycles. The molecule has 1 atom stereocenters. The maximum Gasteiger partial charge on any atom is 0.209 e. The lowest BCUT2D eigenvalue weighted by atomic mass is 9.90. The van der Waals surface area contributed by atoms with Crippen LogP contribution in [0.2, 0.25) is 5.02 Å². The number of nitrogens with zero attached hydrogens (tertiary/aromatic N) is 1. The number of carbonyl (C=O) groups excluding carboxylic acids is 1. The van der Waals surface area contributed by atoms with Gasteiger partial charge in [0.2, 0.25) is 5.78 Å². The molecular formula is C16H13ClN2O. The smallest absolute Gasteiger partial charge is 0.209 e. The fourth-order valence-corrected chi connectivity index (χ4v) is 2.63. The van der Waals surface area contributed by atoms with Gasteiger partial charge in [0.25, 0.3) is 0 Å². The van der Waals surface area contributed by atoms with Crippen molar-refractivity contribution in [2.75, 3.05) is 6.54 Å². The van der Waals surface area contributed by atoms with Crippen LogP contribution in [0, 0.1) is 0 Å². The Morgan fingerprint density at radius 1 is 1.10 bits per heavy atom. The second kappa shape index (κ2) is 5.47. The second-order valence-corrected chi connectivity index (χ2v) is 5.04. The van der Waals surface area contributed by atoms with Gasteiger partial charge in [-0.1, -0.05) is 60.1 Å². The third kappa shape index (κ3) is 2.32. The van der Waals surface area contributed by atoms with Gasteiger partial charge in [-0.25, -0.2) is 0 Å². The Kier molecular flexibility index (Phi) is 3.52. The zero-order valence-corrected chi connectivity index (χ0v) is 11.5. The Morgan fingerprint density at radius 2 is 1.80 bits per heavy atom. The summed E-state index contributed by atoms with van der Waals surface area (Å²) in [4.78, 5) is 12.5. The van der Waals surface area contributed by atoms with Crippen LogP contribution in [-0.4, -0.2) is 18.0 Å². The van der Waals surface area contributed by atoms with E-state index < -0.39 is 0 Å². The summed E-state index contributed by atoms with van der Waals surface area (Å²) in [5.74, 6) is -0.156. The minimum Gasteiger partial charge on any atom is -0.309 e. The summed E-state index contributed by atoms with van der Waals surface area (Å²) in [6.07, 6.45) is 0. The van der Waals surface area contributed by atoms with Crippen LogP contribution in [0.4, 0.5) is 0 Å². The number of halogens is 1. The van der Waals surface area contributed by atoms with E-state index in [4.69, 9.17) is 11.6 Å². The second-order valence-electron chi connectivity index (χ2n) is 4.63.